The molecule has 0 saturated heterocycles. The standard InChI is InChI=1S/C14H12BrClFN/c1-9(10-2-7-14(17)13(15)8-10)18-12-5-3-11(16)4-6-12/h2-9,18H,1H3. The van der Waals surface area contributed by atoms with E-state index >= 15 is 0 Å². The maximum absolute atomic E-state index is 13.2. The Hall–Kier alpha value is -1.06. The summed E-state index contributed by atoms with van der Waals surface area (Å²) in [6.07, 6.45) is 0. The third-order valence-electron chi connectivity index (χ3n) is 2.67. The van der Waals surface area contributed by atoms with E-state index in [4.69, 9.17) is 11.6 Å². The molecule has 0 saturated carbocycles. The molecule has 1 unspecified atom stereocenters. The first-order valence-corrected chi connectivity index (χ1v) is 6.70. The fourth-order valence-corrected chi connectivity index (χ4v) is 2.18. The molecule has 0 aliphatic carbocycles. The molecule has 2 aromatic rings. The zero-order valence-electron chi connectivity index (χ0n) is 9.75. The summed E-state index contributed by atoms with van der Waals surface area (Å²) in [5.41, 5.74) is 1.99. The highest BCUT2D eigenvalue weighted by Gasteiger charge is 2.07. The Morgan fingerprint density at radius 3 is 2.44 bits per heavy atom. The van der Waals surface area contributed by atoms with Crippen molar-refractivity contribution in [1.29, 1.82) is 0 Å². The van der Waals surface area contributed by atoms with Crippen LogP contribution in [-0.4, -0.2) is 0 Å². The zero-order chi connectivity index (χ0) is 13.1. The predicted octanol–water partition coefficient (Wildman–Crippen LogP) is 5.41. The topological polar surface area (TPSA) is 12.0 Å². The van der Waals surface area contributed by atoms with Gasteiger partial charge in [0.2, 0.25) is 0 Å². The second-order valence-electron chi connectivity index (χ2n) is 4.05. The average Bonchev–Trinajstić information content (AvgIpc) is 2.35. The van der Waals surface area contributed by atoms with Crippen LogP contribution in [0.4, 0.5) is 10.1 Å². The van der Waals surface area contributed by atoms with Crippen molar-refractivity contribution in [3.05, 3.63) is 63.3 Å². The number of hydrogen-bond acceptors (Lipinski definition) is 1. The fourth-order valence-electron chi connectivity index (χ4n) is 1.66. The molecule has 0 radical (unpaired) electrons. The van der Waals surface area contributed by atoms with Crippen molar-refractivity contribution in [2.24, 2.45) is 0 Å². The van der Waals surface area contributed by atoms with E-state index in [1.807, 2.05) is 31.2 Å². The van der Waals surface area contributed by atoms with E-state index < -0.39 is 0 Å². The Kier molecular flexibility index (Phi) is 4.25. The molecule has 1 nitrogen and oxygen atoms in total. The highest BCUT2D eigenvalue weighted by atomic mass is 79.9. The first-order chi connectivity index (χ1) is 8.56. The molecule has 2 aromatic carbocycles. The number of nitrogens with one attached hydrogen (secondary N) is 1. The Morgan fingerprint density at radius 1 is 1.17 bits per heavy atom. The zero-order valence-corrected chi connectivity index (χ0v) is 12.1. The van der Waals surface area contributed by atoms with Crippen molar-refractivity contribution in [1.82, 2.24) is 0 Å². The maximum Gasteiger partial charge on any atom is 0.137 e. The molecular formula is C14H12BrClFN. The van der Waals surface area contributed by atoms with Gasteiger partial charge >= 0.3 is 0 Å². The van der Waals surface area contributed by atoms with Crippen molar-refractivity contribution in [2.45, 2.75) is 13.0 Å². The van der Waals surface area contributed by atoms with Crippen LogP contribution in [0.3, 0.4) is 0 Å². The van der Waals surface area contributed by atoms with Crippen molar-refractivity contribution >= 4 is 33.2 Å². The SMILES string of the molecule is CC(Nc1ccc(Cl)cc1)c1ccc(F)c(Br)c1. The highest BCUT2D eigenvalue weighted by molar-refractivity contribution is 9.10. The molecule has 0 amide bonds. The summed E-state index contributed by atoms with van der Waals surface area (Å²) in [7, 11) is 0. The van der Waals surface area contributed by atoms with Crippen LogP contribution in [0.25, 0.3) is 0 Å². The minimum atomic E-state index is -0.252. The minimum Gasteiger partial charge on any atom is -0.379 e. The molecule has 0 bridgehead atoms. The molecule has 1 atom stereocenters. The summed E-state index contributed by atoms with van der Waals surface area (Å²) in [4.78, 5) is 0. The molecule has 2 rings (SSSR count). The summed E-state index contributed by atoms with van der Waals surface area (Å²) in [6.45, 7) is 2.02. The van der Waals surface area contributed by atoms with E-state index in [0.29, 0.717) is 9.50 Å². The molecule has 18 heavy (non-hydrogen) atoms. The van der Waals surface area contributed by atoms with Crippen LogP contribution in [0, 0.1) is 5.82 Å². The van der Waals surface area contributed by atoms with Gasteiger partial charge in [0, 0.05) is 16.8 Å². The lowest BCUT2D eigenvalue weighted by molar-refractivity contribution is 0.619. The van der Waals surface area contributed by atoms with Crippen molar-refractivity contribution in [3.8, 4) is 0 Å². The second-order valence-corrected chi connectivity index (χ2v) is 5.34. The Labute approximate surface area is 119 Å². The average molecular weight is 329 g/mol. The number of hydrogen-bond donors (Lipinski definition) is 1. The fraction of sp³-hybridized carbons (Fsp3) is 0.143. The third kappa shape index (κ3) is 3.24. The van der Waals surface area contributed by atoms with Crippen LogP contribution in [0.5, 0.6) is 0 Å². The number of rotatable bonds is 3. The van der Waals surface area contributed by atoms with Gasteiger partial charge in [0.25, 0.3) is 0 Å². The van der Waals surface area contributed by atoms with Crippen LogP contribution in [0.15, 0.2) is 46.9 Å². The monoisotopic (exact) mass is 327 g/mol. The summed E-state index contributed by atoms with van der Waals surface area (Å²) in [6, 6.07) is 12.6. The van der Waals surface area contributed by atoms with Gasteiger partial charge in [0.05, 0.1) is 4.47 Å². The third-order valence-corrected chi connectivity index (χ3v) is 3.53. The maximum atomic E-state index is 13.2. The molecule has 0 aliphatic heterocycles. The van der Waals surface area contributed by atoms with E-state index in [2.05, 4.69) is 21.2 Å². The predicted molar refractivity (Wildman–Crippen MR) is 77.6 cm³/mol. The van der Waals surface area contributed by atoms with Crippen LogP contribution in [-0.2, 0) is 0 Å². The normalized spacial score (nSPS) is 12.2. The lowest BCUT2D eigenvalue weighted by Crippen LogP contribution is -2.06. The molecule has 0 spiro atoms. The van der Waals surface area contributed by atoms with Crippen LogP contribution in [0.1, 0.15) is 18.5 Å². The van der Waals surface area contributed by atoms with Gasteiger partial charge in [0.15, 0.2) is 0 Å². The molecular weight excluding hydrogens is 317 g/mol. The summed E-state index contributed by atoms with van der Waals surface area (Å²) >= 11 is 9.02. The molecule has 94 valence electrons. The first kappa shape index (κ1) is 13.4. The quantitative estimate of drug-likeness (QED) is 0.794. The van der Waals surface area contributed by atoms with E-state index in [9.17, 15) is 4.39 Å². The van der Waals surface area contributed by atoms with E-state index in [1.165, 1.54) is 6.07 Å². The van der Waals surface area contributed by atoms with Crippen molar-refractivity contribution in [2.75, 3.05) is 5.32 Å². The molecule has 0 heterocycles. The lowest BCUT2D eigenvalue weighted by Gasteiger charge is -2.16. The van der Waals surface area contributed by atoms with Crippen LogP contribution >= 0.6 is 27.5 Å². The molecule has 4 heteroatoms. The van der Waals surface area contributed by atoms with Crippen molar-refractivity contribution < 1.29 is 4.39 Å². The second kappa shape index (κ2) is 5.72. The number of halogens is 3. The number of benzene rings is 2. The van der Waals surface area contributed by atoms with E-state index in [-0.39, 0.29) is 11.9 Å². The van der Waals surface area contributed by atoms with Crippen molar-refractivity contribution in [3.63, 3.8) is 0 Å². The van der Waals surface area contributed by atoms with Gasteiger partial charge < -0.3 is 5.32 Å². The van der Waals surface area contributed by atoms with Gasteiger partial charge in [-0.2, -0.15) is 0 Å². The largest absolute Gasteiger partial charge is 0.379 e. The Balaban J connectivity index is 2.13. The lowest BCUT2D eigenvalue weighted by atomic mass is 10.1. The molecule has 0 fully saturated rings. The summed E-state index contributed by atoms with van der Waals surface area (Å²) < 4.78 is 13.6. The summed E-state index contributed by atoms with van der Waals surface area (Å²) in [5.74, 6) is -0.252. The molecule has 0 aliphatic rings. The minimum absolute atomic E-state index is 0.0862. The summed E-state index contributed by atoms with van der Waals surface area (Å²) in [5, 5.41) is 4.04. The van der Waals surface area contributed by atoms with Gasteiger partial charge in [-0.05, 0) is 64.8 Å². The van der Waals surface area contributed by atoms with Gasteiger partial charge in [0.1, 0.15) is 5.82 Å². The van der Waals surface area contributed by atoms with Crippen LogP contribution in [0.2, 0.25) is 5.02 Å². The number of anilines is 1. The smallest absolute Gasteiger partial charge is 0.137 e. The first-order valence-electron chi connectivity index (χ1n) is 5.53. The molecule has 0 aromatic heterocycles. The van der Waals surface area contributed by atoms with E-state index in [1.54, 1.807) is 12.1 Å². The Bertz CT molecular complexity index is 542. The van der Waals surface area contributed by atoms with Gasteiger partial charge in [-0.15, -0.1) is 0 Å². The van der Waals surface area contributed by atoms with Crippen LogP contribution < -0.4 is 5.32 Å². The van der Waals surface area contributed by atoms with E-state index in [0.717, 1.165) is 11.3 Å². The molecule has 1 N–H and O–H groups in total. The van der Waals surface area contributed by atoms with Gasteiger partial charge in [-0.25, -0.2) is 4.39 Å². The highest BCUT2D eigenvalue weighted by Crippen LogP contribution is 2.24. The Morgan fingerprint density at radius 2 is 1.83 bits per heavy atom. The van der Waals surface area contributed by atoms with Gasteiger partial charge in [-0.1, -0.05) is 17.7 Å². The van der Waals surface area contributed by atoms with Gasteiger partial charge in [-0.3, -0.25) is 0 Å².